The molecule has 0 amide bonds. The van der Waals surface area contributed by atoms with Crippen LogP contribution in [-0.2, 0) is 10.9 Å². The summed E-state index contributed by atoms with van der Waals surface area (Å²) in [5.41, 5.74) is 0. The molecule has 1 aromatic rings. The smallest absolute Gasteiger partial charge is 0.0619 e. The molecular formula is C10H13F6PS. The van der Waals surface area contributed by atoms with E-state index < -0.39 is 7.81 Å². The first kappa shape index (κ1) is 15.6. The number of hydrogen-bond acceptors (Lipinski definition) is 0. The van der Waals surface area contributed by atoms with Gasteiger partial charge in [-0.3, -0.25) is 0 Å². The fourth-order valence-electron chi connectivity index (χ4n) is 1.50. The van der Waals surface area contributed by atoms with Crippen molar-refractivity contribution in [3.05, 3.63) is 30.3 Å². The Morgan fingerprint density at radius 2 is 1.17 bits per heavy atom. The Morgan fingerprint density at radius 1 is 0.778 bits per heavy atom. The minimum atomic E-state index is -10.7. The first-order valence-electron chi connectivity index (χ1n) is 5.21. The van der Waals surface area contributed by atoms with E-state index >= 15 is 0 Å². The minimum Gasteiger partial charge on any atom is -0.0619 e. The zero-order valence-corrected chi connectivity index (χ0v) is 11.0. The van der Waals surface area contributed by atoms with E-state index in [-0.39, 0.29) is 0 Å². The summed E-state index contributed by atoms with van der Waals surface area (Å²) >= 11 is 0. The van der Waals surface area contributed by atoms with Crippen LogP contribution in [-0.4, -0.2) is 11.5 Å². The normalized spacial score (nSPS) is 20.6. The molecule has 0 nitrogen and oxygen atoms in total. The number of halogens is 6. The van der Waals surface area contributed by atoms with E-state index in [4.69, 9.17) is 0 Å². The number of rotatable bonds is 1. The second-order valence-corrected chi connectivity index (χ2v) is 8.07. The van der Waals surface area contributed by atoms with Crippen molar-refractivity contribution in [2.75, 3.05) is 11.5 Å². The van der Waals surface area contributed by atoms with E-state index in [0.717, 1.165) is 0 Å². The van der Waals surface area contributed by atoms with Gasteiger partial charge in [-0.2, -0.15) is 0 Å². The molecule has 0 bridgehead atoms. The van der Waals surface area contributed by atoms with Gasteiger partial charge in [0.05, 0.1) is 0 Å². The fourth-order valence-corrected chi connectivity index (χ4v) is 3.83. The maximum Gasteiger partial charge on any atom is 0.154 e. The van der Waals surface area contributed by atoms with Crippen LogP contribution in [0, 0.1) is 0 Å². The van der Waals surface area contributed by atoms with Crippen molar-refractivity contribution in [1.29, 1.82) is 0 Å². The van der Waals surface area contributed by atoms with Crippen LogP contribution in [0.5, 0.6) is 0 Å². The molecule has 1 heterocycles. The van der Waals surface area contributed by atoms with E-state index in [1.54, 1.807) is 4.90 Å². The number of benzene rings is 1. The molecule has 1 saturated heterocycles. The second-order valence-electron chi connectivity index (χ2n) is 3.88. The van der Waals surface area contributed by atoms with E-state index in [9.17, 15) is 25.2 Å². The van der Waals surface area contributed by atoms with Crippen LogP contribution >= 0.6 is 7.81 Å². The zero-order valence-electron chi connectivity index (χ0n) is 9.34. The van der Waals surface area contributed by atoms with E-state index in [0.29, 0.717) is 10.9 Å². The van der Waals surface area contributed by atoms with Crippen molar-refractivity contribution in [3.8, 4) is 0 Å². The summed E-state index contributed by atoms with van der Waals surface area (Å²) in [6.45, 7) is 0. The Morgan fingerprint density at radius 3 is 1.56 bits per heavy atom. The van der Waals surface area contributed by atoms with Crippen molar-refractivity contribution < 1.29 is 25.2 Å². The molecule has 0 radical (unpaired) electrons. The van der Waals surface area contributed by atoms with Crippen molar-refractivity contribution in [2.24, 2.45) is 0 Å². The van der Waals surface area contributed by atoms with Crippen LogP contribution in [0.1, 0.15) is 12.8 Å². The zero-order chi connectivity index (χ0) is 13.9. The van der Waals surface area contributed by atoms with Crippen molar-refractivity contribution >= 4 is 18.7 Å². The maximum atomic E-state index is 9.87. The fraction of sp³-hybridized carbons (Fsp3) is 0.400. The van der Waals surface area contributed by atoms with Gasteiger partial charge in [0, 0.05) is 10.9 Å². The van der Waals surface area contributed by atoms with Crippen LogP contribution in [0.3, 0.4) is 0 Å². The average molecular weight is 310 g/mol. The molecule has 106 valence electrons. The molecule has 1 fully saturated rings. The minimum absolute atomic E-state index is 0.609. The Balaban J connectivity index is 0.000000203. The summed E-state index contributed by atoms with van der Waals surface area (Å²) in [5.74, 6) is 2.87. The Bertz CT molecular complexity index is 369. The molecule has 1 aromatic carbocycles. The first-order chi connectivity index (χ1) is 7.92. The molecule has 0 saturated carbocycles. The van der Waals surface area contributed by atoms with Crippen LogP contribution in [0.4, 0.5) is 25.2 Å². The Hall–Kier alpha value is -0.420. The third-order valence-electron chi connectivity index (χ3n) is 2.11. The van der Waals surface area contributed by atoms with Gasteiger partial charge in [0.25, 0.3) is 0 Å². The Kier molecular flexibility index (Phi) is 4.00. The standard InChI is InChI=1S/C10H13S.F6P/c1-2-6-10(7-3-1)11-8-4-5-9-11;1-7(2,3,4,5)6/h1-3,6-7H,4-5,8-9H2;/q+1;-1. The summed E-state index contributed by atoms with van der Waals surface area (Å²) in [6.07, 6.45) is 2.88. The first-order valence-corrected chi connectivity index (χ1v) is 8.80. The van der Waals surface area contributed by atoms with E-state index in [2.05, 4.69) is 30.3 Å². The summed E-state index contributed by atoms with van der Waals surface area (Å²) in [4.78, 5) is 1.57. The van der Waals surface area contributed by atoms with Crippen LogP contribution in [0.15, 0.2) is 35.2 Å². The molecule has 2 rings (SSSR count). The maximum absolute atomic E-state index is 10.7. The second kappa shape index (κ2) is 4.60. The van der Waals surface area contributed by atoms with Gasteiger partial charge in [-0.1, -0.05) is 18.2 Å². The predicted molar refractivity (Wildman–Crippen MR) is 64.6 cm³/mol. The predicted octanol–water partition coefficient (Wildman–Crippen LogP) is 5.84. The average Bonchev–Trinajstić information content (AvgIpc) is 2.67. The van der Waals surface area contributed by atoms with Crippen molar-refractivity contribution in [2.45, 2.75) is 17.7 Å². The van der Waals surface area contributed by atoms with Crippen molar-refractivity contribution in [3.63, 3.8) is 0 Å². The molecule has 0 unspecified atom stereocenters. The van der Waals surface area contributed by atoms with Gasteiger partial charge >= 0.3 is 33.0 Å². The molecule has 18 heavy (non-hydrogen) atoms. The van der Waals surface area contributed by atoms with E-state index in [1.165, 1.54) is 24.3 Å². The van der Waals surface area contributed by atoms with Gasteiger partial charge in [0.1, 0.15) is 11.5 Å². The van der Waals surface area contributed by atoms with Gasteiger partial charge in [0.15, 0.2) is 4.90 Å². The third kappa shape index (κ3) is 9.59. The van der Waals surface area contributed by atoms with Gasteiger partial charge < -0.3 is 0 Å². The molecule has 0 atom stereocenters. The van der Waals surface area contributed by atoms with Gasteiger partial charge in [-0.05, 0) is 25.0 Å². The van der Waals surface area contributed by atoms with Crippen LogP contribution in [0.2, 0.25) is 0 Å². The summed E-state index contributed by atoms with van der Waals surface area (Å²) in [6, 6.07) is 11.0. The van der Waals surface area contributed by atoms with Gasteiger partial charge in [-0.25, -0.2) is 0 Å². The Labute approximate surface area is 104 Å². The van der Waals surface area contributed by atoms with Crippen LogP contribution < -0.4 is 0 Å². The summed E-state index contributed by atoms with van der Waals surface area (Å²) in [7, 11) is -10.0. The summed E-state index contributed by atoms with van der Waals surface area (Å²) < 4.78 is 59.2. The molecule has 0 spiro atoms. The van der Waals surface area contributed by atoms with Gasteiger partial charge in [-0.15, -0.1) is 0 Å². The molecule has 1 aliphatic rings. The van der Waals surface area contributed by atoms with Crippen LogP contribution in [0.25, 0.3) is 0 Å². The molecule has 0 N–H and O–H groups in total. The quantitative estimate of drug-likeness (QED) is 0.347. The molecule has 8 heteroatoms. The molecule has 0 aliphatic carbocycles. The molecule has 0 aromatic heterocycles. The van der Waals surface area contributed by atoms with E-state index in [1.807, 2.05) is 0 Å². The van der Waals surface area contributed by atoms with Crippen molar-refractivity contribution in [1.82, 2.24) is 0 Å². The molecular weight excluding hydrogens is 297 g/mol. The summed E-state index contributed by atoms with van der Waals surface area (Å²) in [5, 5.41) is 0. The topological polar surface area (TPSA) is 0 Å². The largest absolute Gasteiger partial charge is 0.154 e. The third-order valence-corrected chi connectivity index (χ3v) is 4.61. The number of hydrogen-bond donors (Lipinski definition) is 0. The van der Waals surface area contributed by atoms with Gasteiger partial charge in [0.2, 0.25) is 0 Å². The monoisotopic (exact) mass is 310 g/mol. The molecule has 1 aliphatic heterocycles. The SMILES string of the molecule is F[P-](F)(F)(F)(F)F.c1ccc([S+]2CCCC2)cc1.